The summed E-state index contributed by atoms with van der Waals surface area (Å²) in [6, 6.07) is 35.4. The number of hydrogen-bond acceptors (Lipinski definition) is 3. The number of hydrogen-bond donors (Lipinski definition) is 1. The van der Waals surface area contributed by atoms with Crippen LogP contribution in [0.15, 0.2) is 109 Å². The first kappa shape index (κ1) is 24.9. The molecule has 4 rings (SSSR count). The van der Waals surface area contributed by atoms with Crippen molar-refractivity contribution in [2.45, 2.75) is 37.7 Å². The number of benzene rings is 4. The molecule has 0 spiro atoms. The first-order chi connectivity index (χ1) is 17.6. The second kappa shape index (κ2) is 12.0. The zero-order valence-electron chi connectivity index (χ0n) is 20.2. The molecule has 0 saturated carbocycles. The van der Waals surface area contributed by atoms with E-state index in [2.05, 4.69) is 0 Å². The molecular weight excluding hydrogens is 448 g/mol. The number of carbonyl (C=O) groups is 2. The summed E-state index contributed by atoms with van der Waals surface area (Å²) in [6.07, 6.45) is 2.51. The standard InChI is InChI=1S/C32H30O4/c33-23-22-32(31(34)35,21-7-12-25-8-3-1-4-9-25)29-17-13-27(14-18-29)28-15-19-30(20-16-28)36-24-26-10-5-2-6-11-26/h1-6,8-11,13-20,23H,7,12,21-22,24H2,(H,34,35)/t32-/m1/s1. The van der Waals surface area contributed by atoms with Crippen molar-refractivity contribution in [3.63, 3.8) is 0 Å². The summed E-state index contributed by atoms with van der Waals surface area (Å²) >= 11 is 0. The first-order valence-corrected chi connectivity index (χ1v) is 12.2. The van der Waals surface area contributed by atoms with E-state index in [0.29, 0.717) is 25.0 Å². The van der Waals surface area contributed by atoms with Gasteiger partial charge in [0.2, 0.25) is 0 Å². The number of aliphatic carboxylic acids is 1. The van der Waals surface area contributed by atoms with Crippen LogP contribution in [-0.4, -0.2) is 17.4 Å². The topological polar surface area (TPSA) is 63.6 Å². The molecule has 1 N–H and O–H groups in total. The van der Waals surface area contributed by atoms with Gasteiger partial charge in [0.05, 0.1) is 5.41 Å². The molecular formula is C32H30O4. The summed E-state index contributed by atoms with van der Waals surface area (Å²) in [6.45, 7) is 0.507. The smallest absolute Gasteiger partial charge is 0.314 e. The maximum atomic E-state index is 12.4. The molecule has 1 atom stereocenters. The molecule has 0 bridgehead atoms. The molecule has 4 heteroatoms. The molecule has 36 heavy (non-hydrogen) atoms. The van der Waals surface area contributed by atoms with Gasteiger partial charge in [-0.15, -0.1) is 0 Å². The third kappa shape index (κ3) is 6.08. The van der Waals surface area contributed by atoms with E-state index >= 15 is 0 Å². The quantitative estimate of drug-likeness (QED) is 0.226. The number of aryl methyl sites for hydroxylation is 1. The SMILES string of the molecule is O=CC[C@@](CCCc1ccccc1)(C(=O)O)c1ccc(-c2ccc(OCc3ccccc3)cc2)cc1. The molecule has 0 aliphatic carbocycles. The van der Waals surface area contributed by atoms with E-state index in [4.69, 9.17) is 4.74 Å². The predicted molar refractivity (Wildman–Crippen MR) is 142 cm³/mol. The summed E-state index contributed by atoms with van der Waals surface area (Å²) in [7, 11) is 0. The Labute approximate surface area is 212 Å². The lowest BCUT2D eigenvalue weighted by Crippen LogP contribution is -2.36. The zero-order chi connectivity index (χ0) is 25.2. The van der Waals surface area contributed by atoms with E-state index < -0.39 is 11.4 Å². The van der Waals surface area contributed by atoms with Crippen molar-refractivity contribution in [2.75, 3.05) is 0 Å². The minimum absolute atomic E-state index is 0.0517. The fraction of sp³-hybridized carbons (Fsp3) is 0.188. The number of carboxylic acids is 1. The molecule has 4 aromatic carbocycles. The van der Waals surface area contributed by atoms with Crippen molar-refractivity contribution < 1.29 is 19.4 Å². The van der Waals surface area contributed by atoms with E-state index in [1.807, 2.05) is 109 Å². The van der Waals surface area contributed by atoms with Crippen LogP contribution < -0.4 is 4.74 Å². The molecule has 0 heterocycles. The number of carbonyl (C=O) groups excluding carboxylic acids is 1. The summed E-state index contributed by atoms with van der Waals surface area (Å²) in [4.78, 5) is 24.0. The van der Waals surface area contributed by atoms with Gasteiger partial charge in [-0.2, -0.15) is 0 Å². The fourth-order valence-corrected chi connectivity index (χ4v) is 4.53. The van der Waals surface area contributed by atoms with Crippen LogP contribution in [-0.2, 0) is 28.0 Å². The van der Waals surface area contributed by atoms with E-state index in [1.54, 1.807) is 0 Å². The highest BCUT2D eigenvalue weighted by molar-refractivity contribution is 5.85. The highest BCUT2D eigenvalue weighted by Gasteiger charge is 2.39. The maximum absolute atomic E-state index is 12.4. The van der Waals surface area contributed by atoms with Gasteiger partial charge in [0.1, 0.15) is 18.6 Å². The second-order valence-corrected chi connectivity index (χ2v) is 8.97. The lowest BCUT2D eigenvalue weighted by atomic mass is 9.73. The van der Waals surface area contributed by atoms with Crippen LogP contribution in [0.4, 0.5) is 0 Å². The molecule has 0 aliphatic heterocycles. The van der Waals surface area contributed by atoms with Crippen molar-refractivity contribution in [2.24, 2.45) is 0 Å². The third-order valence-corrected chi connectivity index (χ3v) is 6.63. The maximum Gasteiger partial charge on any atom is 0.314 e. The summed E-state index contributed by atoms with van der Waals surface area (Å²) in [5.74, 6) is -0.177. The van der Waals surface area contributed by atoms with Crippen LogP contribution in [0.2, 0.25) is 0 Å². The van der Waals surface area contributed by atoms with Crippen LogP contribution >= 0.6 is 0 Å². The Morgan fingerprint density at radius 1 is 0.750 bits per heavy atom. The van der Waals surface area contributed by atoms with Gasteiger partial charge in [-0.3, -0.25) is 4.79 Å². The number of carboxylic acid groups (broad SMARTS) is 1. The highest BCUT2D eigenvalue weighted by Crippen LogP contribution is 2.35. The van der Waals surface area contributed by atoms with Gasteiger partial charge < -0.3 is 14.6 Å². The second-order valence-electron chi connectivity index (χ2n) is 8.97. The number of rotatable bonds is 12. The molecule has 0 amide bonds. The minimum Gasteiger partial charge on any atom is -0.489 e. The molecule has 0 fully saturated rings. The molecule has 0 aromatic heterocycles. The van der Waals surface area contributed by atoms with Crippen LogP contribution in [0.1, 0.15) is 36.0 Å². The summed E-state index contributed by atoms with van der Waals surface area (Å²) in [5.41, 5.74) is 3.68. The van der Waals surface area contributed by atoms with E-state index in [0.717, 1.165) is 40.7 Å². The first-order valence-electron chi connectivity index (χ1n) is 12.2. The highest BCUT2D eigenvalue weighted by atomic mass is 16.5. The predicted octanol–water partition coefficient (Wildman–Crippen LogP) is 6.87. The van der Waals surface area contributed by atoms with Gasteiger partial charge in [0, 0.05) is 6.42 Å². The van der Waals surface area contributed by atoms with Gasteiger partial charge in [0.15, 0.2) is 0 Å². The monoisotopic (exact) mass is 478 g/mol. The van der Waals surface area contributed by atoms with Gasteiger partial charge in [-0.25, -0.2) is 0 Å². The van der Waals surface area contributed by atoms with Crippen LogP contribution in [0.3, 0.4) is 0 Å². The van der Waals surface area contributed by atoms with Gasteiger partial charge in [0.25, 0.3) is 0 Å². The number of aldehydes is 1. The Morgan fingerprint density at radius 2 is 1.31 bits per heavy atom. The van der Waals surface area contributed by atoms with E-state index in [-0.39, 0.29) is 6.42 Å². The lowest BCUT2D eigenvalue weighted by molar-refractivity contribution is -0.145. The van der Waals surface area contributed by atoms with Gasteiger partial charge >= 0.3 is 5.97 Å². The van der Waals surface area contributed by atoms with Crippen molar-refractivity contribution >= 4 is 12.3 Å². The van der Waals surface area contributed by atoms with Gasteiger partial charge in [-0.1, -0.05) is 97.1 Å². The normalized spacial score (nSPS) is 12.4. The average Bonchev–Trinajstić information content (AvgIpc) is 2.93. The molecule has 182 valence electrons. The average molecular weight is 479 g/mol. The van der Waals surface area contributed by atoms with Crippen molar-refractivity contribution in [3.05, 3.63) is 126 Å². The fourth-order valence-electron chi connectivity index (χ4n) is 4.53. The van der Waals surface area contributed by atoms with E-state index in [9.17, 15) is 14.7 Å². The zero-order valence-corrected chi connectivity index (χ0v) is 20.2. The Balaban J connectivity index is 1.46. The Morgan fingerprint density at radius 3 is 1.86 bits per heavy atom. The molecule has 0 saturated heterocycles. The van der Waals surface area contributed by atoms with Crippen molar-refractivity contribution in [3.8, 4) is 16.9 Å². The Bertz CT molecular complexity index is 1250. The Hall–Kier alpha value is -4.18. The molecule has 0 aliphatic rings. The van der Waals surface area contributed by atoms with Crippen LogP contribution in [0.5, 0.6) is 5.75 Å². The minimum atomic E-state index is -1.23. The summed E-state index contributed by atoms with van der Waals surface area (Å²) in [5, 5.41) is 10.2. The third-order valence-electron chi connectivity index (χ3n) is 6.63. The largest absolute Gasteiger partial charge is 0.489 e. The van der Waals surface area contributed by atoms with Crippen LogP contribution in [0, 0.1) is 0 Å². The van der Waals surface area contributed by atoms with Crippen molar-refractivity contribution in [1.82, 2.24) is 0 Å². The van der Waals surface area contributed by atoms with E-state index in [1.165, 1.54) is 0 Å². The lowest BCUT2D eigenvalue weighted by Gasteiger charge is -2.28. The molecule has 0 radical (unpaired) electrons. The molecule has 4 aromatic rings. The summed E-state index contributed by atoms with van der Waals surface area (Å²) < 4.78 is 5.87. The van der Waals surface area contributed by atoms with Crippen molar-refractivity contribution in [1.29, 1.82) is 0 Å². The van der Waals surface area contributed by atoms with Gasteiger partial charge in [-0.05, 0) is 59.2 Å². The molecule has 4 nitrogen and oxygen atoms in total. The Kier molecular flexibility index (Phi) is 8.30. The molecule has 0 unspecified atom stereocenters. The van der Waals surface area contributed by atoms with Crippen LogP contribution in [0.25, 0.3) is 11.1 Å². The number of ether oxygens (including phenoxy) is 1.